The van der Waals surface area contributed by atoms with Crippen molar-refractivity contribution in [2.45, 2.75) is 46.3 Å². The van der Waals surface area contributed by atoms with Gasteiger partial charge in [-0.1, -0.05) is 30.7 Å². The van der Waals surface area contributed by atoms with Crippen LogP contribution in [0.25, 0.3) is 0 Å². The van der Waals surface area contributed by atoms with Crippen LogP contribution in [0.15, 0.2) is 42.5 Å². The molecule has 0 radical (unpaired) electrons. The maximum atomic E-state index is 12.7. The second-order valence-corrected chi connectivity index (χ2v) is 9.34. The largest absolute Gasteiger partial charge is 0.481 e. The third-order valence-electron chi connectivity index (χ3n) is 4.89. The average molecular weight is 419 g/mol. The monoisotopic (exact) mass is 418 g/mol. The molecule has 0 aliphatic heterocycles. The van der Waals surface area contributed by atoms with Crippen LogP contribution in [0.4, 0.5) is 5.69 Å². The van der Waals surface area contributed by atoms with Gasteiger partial charge >= 0.3 is 0 Å². The topological polar surface area (TPSA) is 75.7 Å². The van der Waals surface area contributed by atoms with Gasteiger partial charge in [0.05, 0.1) is 18.0 Å². The zero-order valence-electron chi connectivity index (χ0n) is 17.9. The molecule has 0 fully saturated rings. The Hall–Kier alpha value is -2.54. The van der Waals surface area contributed by atoms with Crippen molar-refractivity contribution in [1.82, 2.24) is 5.32 Å². The summed E-state index contributed by atoms with van der Waals surface area (Å²) in [4.78, 5) is 12.7. The number of amides is 1. The van der Waals surface area contributed by atoms with E-state index in [2.05, 4.69) is 11.4 Å². The predicted molar refractivity (Wildman–Crippen MR) is 117 cm³/mol. The number of ether oxygens (including phenoxy) is 1. The Bertz CT molecular complexity index is 955. The van der Waals surface area contributed by atoms with Crippen LogP contribution in [0.2, 0.25) is 0 Å². The number of anilines is 1. The SMILES string of the molecule is CC[C@H](Oc1ccc(N(C)S(C)(=O)=O)cc1)C(=O)N[C@@H](C)c1ccc(C)cc1C. The highest BCUT2D eigenvalue weighted by atomic mass is 32.2. The van der Waals surface area contributed by atoms with Gasteiger partial charge in [-0.2, -0.15) is 0 Å². The van der Waals surface area contributed by atoms with Crippen molar-refractivity contribution in [3.05, 3.63) is 59.2 Å². The third kappa shape index (κ3) is 5.97. The summed E-state index contributed by atoms with van der Waals surface area (Å²) in [6, 6.07) is 12.7. The van der Waals surface area contributed by atoms with Gasteiger partial charge in [0.25, 0.3) is 5.91 Å². The van der Waals surface area contributed by atoms with Crippen molar-refractivity contribution in [1.29, 1.82) is 0 Å². The Morgan fingerprint density at radius 1 is 1.14 bits per heavy atom. The van der Waals surface area contributed by atoms with Crippen molar-refractivity contribution in [2.75, 3.05) is 17.6 Å². The van der Waals surface area contributed by atoms with Gasteiger partial charge in [0.1, 0.15) is 5.75 Å². The Kier molecular flexibility index (Phi) is 7.30. The molecule has 29 heavy (non-hydrogen) atoms. The Balaban J connectivity index is 2.06. The van der Waals surface area contributed by atoms with Crippen molar-refractivity contribution in [3.63, 3.8) is 0 Å². The van der Waals surface area contributed by atoms with E-state index in [1.165, 1.54) is 16.9 Å². The number of nitrogens with zero attached hydrogens (tertiary/aromatic N) is 1. The summed E-state index contributed by atoms with van der Waals surface area (Å²) in [6.07, 6.45) is 1.02. The molecule has 6 nitrogen and oxygen atoms in total. The molecule has 0 aromatic heterocycles. The van der Waals surface area contributed by atoms with Gasteiger partial charge in [-0.25, -0.2) is 8.42 Å². The van der Waals surface area contributed by atoms with Crippen LogP contribution in [0, 0.1) is 13.8 Å². The number of hydrogen-bond donors (Lipinski definition) is 1. The molecular formula is C22H30N2O4S. The van der Waals surface area contributed by atoms with Gasteiger partial charge in [-0.15, -0.1) is 0 Å². The average Bonchev–Trinajstić information content (AvgIpc) is 2.65. The van der Waals surface area contributed by atoms with Crippen molar-refractivity contribution in [2.24, 2.45) is 0 Å². The Morgan fingerprint density at radius 2 is 1.76 bits per heavy atom. The van der Waals surface area contributed by atoms with Crippen LogP contribution in [0.1, 0.15) is 43.0 Å². The molecule has 0 aliphatic rings. The first-order valence-corrected chi connectivity index (χ1v) is 11.5. The van der Waals surface area contributed by atoms with Crippen LogP contribution in [-0.4, -0.2) is 33.7 Å². The van der Waals surface area contributed by atoms with Crippen LogP contribution in [-0.2, 0) is 14.8 Å². The third-order valence-corrected chi connectivity index (χ3v) is 6.10. The van der Waals surface area contributed by atoms with Crippen LogP contribution in [0.5, 0.6) is 5.75 Å². The highest BCUT2D eigenvalue weighted by molar-refractivity contribution is 7.92. The minimum absolute atomic E-state index is 0.133. The predicted octanol–water partition coefficient (Wildman–Crippen LogP) is 3.73. The fraction of sp³-hybridized carbons (Fsp3) is 0.409. The van der Waals surface area contributed by atoms with Crippen LogP contribution >= 0.6 is 0 Å². The number of aryl methyl sites for hydroxylation is 2. The van der Waals surface area contributed by atoms with E-state index >= 15 is 0 Å². The Morgan fingerprint density at radius 3 is 2.28 bits per heavy atom. The number of carbonyl (C=O) groups is 1. The van der Waals surface area contributed by atoms with E-state index in [1.54, 1.807) is 24.3 Å². The smallest absolute Gasteiger partial charge is 0.261 e. The molecule has 7 heteroatoms. The first-order valence-electron chi connectivity index (χ1n) is 9.61. The molecule has 2 aromatic carbocycles. The lowest BCUT2D eigenvalue weighted by atomic mass is 10.00. The molecule has 0 unspecified atom stereocenters. The van der Waals surface area contributed by atoms with E-state index in [4.69, 9.17) is 4.74 Å². The maximum absolute atomic E-state index is 12.7. The van der Waals surface area contributed by atoms with Gasteiger partial charge in [-0.05, 0) is 62.6 Å². The summed E-state index contributed by atoms with van der Waals surface area (Å²) in [5.74, 6) is 0.328. The molecule has 2 rings (SSSR count). The van der Waals surface area contributed by atoms with E-state index in [0.717, 1.165) is 17.4 Å². The van der Waals surface area contributed by atoms with E-state index in [1.807, 2.05) is 39.8 Å². The molecule has 1 amide bonds. The molecule has 1 N–H and O–H groups in total. The molecule has 158 valence electrons. The lowest BCUT2D eigenvalue weighted by Gasteiger charge is -2.22. The molecule has 2 atom stereocenters. The fourth-order valence-corrected chi connectivity index (χ4v) is 3.61. The fourth-order valence-electron chi connectivity index (χ4n) is 3.11. The first-order chi connectivity index (χ1) is 13.5. The van der Waals surface area contributed by atoms with Crippen molar-refractivity contribution in [3.8, 4) is 5.75 Å². The van der Waals surface area contributed by atoms with E-state index < -0.39 is 16.1 Å². The van der Waals surface area contributed by atoms with Gasteiger partial charge < -0.3 is 10.1 Å². The van der Waals surface area contributed by atoms with Gasteiger partial charge in [0.2, 0.25) is 10.0 Å². The first kappa shape index (κ1) is 22.7. The molecule has 0 spiro atoms. The van der Waals surface area contributed by atoms with Gasteiger partial charge in [0, 0.05) is 7.05 Å². The molecule has 0 bridgehead atoms. The second kappa shape index (κ2) is 9.31. The number of sulfonamides is 1. The minimum atomic E-state index is -3.33. The van der Waals surface area contributed by atoms with E-state index in [0.29, 0.717) is 17.9 Å². The lowest BCUT2D eigenvalue weighted by Crippen LogP contribution is -2.39. The molecule has 0 aliphatic carbocycles. The number of nitrogens with one attached hydrogen (secondary N) is 1. The number of carbonyl (C=O) groups excluding carboxylic acids is 1. The summed E-state index contributed by atoms with van der Waals surface area (Å²) >= 11 is 0. The van der Waals surface area contributed by atoms with Crippen LogP contribution in [0.3, 0.4) is 0 Å². The highest BCUT2D eigenvalue weighted by Gasteiger charge is 2.21. The number of benzene rings is 2. The molecule has 0 saturated carbocycles. The van der Waals surface area contributed by atoms with Gasteiger partial charge in [0.15, 0.2) is 6.10 Å². The maximum Gasteiger partial charge on any atom is 0.261 e. The number of hydrogen-bond acceptors (Lipinski definition) is 4. The highest BCUT2D eigenvalue weighted by Crippen LogP contribution is 2.22. The summed E-state index contributed by atoms with van der Waals surface area (Å²) in [6.45, 7) is 7.92. The second-order valence-electron chi connectivity index (χ2n) is 7.33. The van der Waals surface area contributed by atoms with Crippen molar-refractivity contribution >= 4 is 21.6 Å². The Labute approximate surface area is 173 Å². The zero-order valence-corrected chi connectivity index (χ0v) is 18.7. The summed E-state index contributed by atoms with van der Waals surface area (Å²) < 4.78 is 30.3. The summed E-state index contributed by atoms with van der Waals surface area (Å²) in [7, 11) is -1.84. The normalized spacial score (nSPS) is 13.4. The standard InChI is InChI=1S/C22H30N2O4S/c1-7-21(22(25)23-17(4)20-13-8-15(2)14-16(20)3)28-19-11-9-18(10-12-19)24(5)29(6,26)27/h8-14,17,21H,7H2,1-6H3,(H,23,25)/t17-,21-/m0/s1. The van der Waals surface area contributed by atoms with Gasteiger partial charge in [-0.3, -0.25) is 9.10 Å². The summed E-state index contributed by atoms with van der Waals surface area (Å²) in [5, 5.41) is 3.03. The van der Waals surface area contributed by atoms with Crippen LogP contribution < -0.4 is 14.4 Å². The van der Waals surface area contributed by atoms with E-state index in [9.17, 15) is 13.2 Å². The molecule has 0 saturated heterocycles. The van der Waals surface area contributed by atoms with Crippen molar-refractivity contribution < 1.29 is 17.9 Å². The lowest BCUT2D eigenvalue weighted by molar-refractivity contribution is -0.128. The molecular weight excluding hydrogens is 388 g/mol. The number of rotatable bonds is 8. The minimum Gasteiger partial charge on any atom is -0.481 e. The van der Waals surface area contributed by atoms with E-state index in [-0.39, 0.29) is 11.9 Å². The molecule has 2 aromatic rings. The zero-order chi connectivity index (χ0) is 21.8. The molecule has 0 heterocycles. The summed E-state index contributed by atoms with van der Waals surface area (Å²) in [5.41, 5.74) is 3.93. The quantitative estimate of drug-likeness (QED) is 0.709.